The van der Waals surface area contributed by atoms with Crippen LogP contribution in [0.1, 0.15) is 48.5 Å². The number of piperidine rings is 1. The Morgan fingerprint density at radius 1 is 1.19 bits per heavy atom. The van der Waals surface area contributed by atoms with E-state index >= 15 is 0 Å². The minimum atomic E-state index is -0.515. The number of anilines is 1. The van der Waals surface area contributed by atoms with Crippen LogP contribution in [0, 0.1) is 17.8 Å². The molecular weight excluding hydrogens is 390 g/mol. The number of hydrogen-bond donors (Lipinski definition) is 2. The number of nitrogens with zero attached hydrogens (tertiary/aromatic N) is 1. The predicted molar refractivity (Wildman–Crippen MR) is 122 cm³/mol. The normalized spacial score (nSPS) is 14.3. The lowest BCUT2D eigenvalue weighted by molar-refractivity contribution is 0.0945. The van der Waals surface area contributed by atoms with Crippen molar-refractivity contribution in [1.82, 2.24) is 10.3 Å². The summed E-state index contributed by atoms with van der Waals surface area (Å²) >= 11 is 0. The molecule has 0 unspecified atom stereocenters. The molecule has 1 aromatic heterocycles. The van der Waals surface area contributed by atoms with Crippen LogP contribution in [0.5, 0.6) is 0 Å². The standard InChI is InChI=1S/C25H27N3O3/c1-2-3-4-5-18-6-9-21(10-7-18)28-14-12-19(13-15-28)17-26-24(29)20-8-11-22-23(16-20)31-25(30)27-22/h6-11,16,19H,2-3,12-15,17H2,1H3,(H,26,29)(H,27,30). The highest BCUT2D eigenvalue weighted by Crippen LogP contribution is 2.23. The maximum absolute atomic E-state index is 12.5. The zero-order valence-electron chi connectivity index (χ0n) is 17.7. The zero-order valence-corrected chi connectivity index (χ0v) is 17.7. The van der Waals surface area contributed by atoms with E-state index in [1.54, 1.807) is 18.2 Å². The average Bonchev–Trinajstić information content (AvgIpc) is 3.18. The van der Waals surface area contributed by atoms with Crippen molar-refractivity contribution in [2.75, 3.05) is 24.5 Å². The molecular formula is C25H27N3O3. The van der Waals surface area contributed by atoms with E-state index in [2.05, 4.69) is 58.2 Å². The second kappa shape index (κ2) is 9.57. The number of amides is 1. The molecule has 2 heterocycles. The number of nitrogens with one attached hydrogen (secondary N) is 2. The molecule has 1 aliphatic heterocycles. The molecule has 1 amide bonds. The van der Waals surface area contributed by atoms with Gasteiger partial charge in [0.05, 0.1) is 5.52 Å². The summed E-state index contributed by atoms with van der Waals surface area (Å²) in [5, 5.41) is 3.02. The number of rotatable bonds is 5. The van der Waals surface area contributed by atoms with Crippen molar-refractivity contribution in [2.24, 2.45) is 5.92 Å². The van der Waals surface area contributed by atoms with Gasteiger partial charge < -0.3 is 14.6 Å². The van der Waals surface area contributed by atoms with E-state index < -0.39 is 5.76 Å². The summed E-state index contributed by atoms with van der Waals surface area (Å²) in [6.07, 6.45) is 4.08. The van der Waals surface area contributed by atoms with E-state index in [0.29, 0.717) is 29.1 Å². The molecule has 0 atom stereocenters. The Labute approximate surface area is 181 Å². The van der Waals surface area contributed by atoms with Crippen LogP contribution in [0.15, 0.2) is 51.7 Å². The van der Waals surface area contributed by atoms with Crippen molar-refractivity contribution in [3.05, 3.63) is 64.1 Å². The van der Waals surface area contributed by atoms with Crippen LogP contribution in [-0.4, -0.2) is 30.5 Å². The highest BCUT2D eigenvalue weighted by atomic mass is 16.4. The Hall–Kier alpha value is -3.46. The van der Waals surface area contributed by atoms with Crippen molar-refractivity contribution < 1.29 is 9.21 Å². The molecule has 2 aromatic carbocycles. The smallest absolute Gasteiger partial charge is 0.408 e. The summed E-state index contributed by atoms with van der Waals surface area (Å²) < 4.78 is 5.03. The van der Waals surface area contributed by atoms with E-state index in [1.165, 1.54) is 5.69 Å². The summed E-state index contributed by atoms with van der Waals surface area (Å²) in [5.74, 6) is 6.18. The average molecular weight is 418 g/mol. The molecule has 0 aliphatic carbocycles. The van der Waals surface area contributed by atoms with Crippen molar-refractivity contribution in [2.45, 2.75) is 32.6 Å². The van der Waals surface area contributed by atoms with Crippen LogP contribution < -0.4 is 16.0 Å². The minimum Gasteiger partial charge on any atom is -0.408 e. The van der Waals surface area contributed by atoms with Gasteiger partial charge in [0.1, 0.15) is 0 Å². The molecule has 2 N–H and O–H groups in total. The maximum Gasteiger partial charge on any atom is 0.417 e. The number of H-pyrrole nitrogens is 1. The van der Waals surface area contributed by atoms with E-state index in [-0.39, 0.29) is 5.91 Å². The lowest BCUT2D eigenvalue weighted by Gasteiger charge is -2.33. The third-order valence-corrected chi connectivity index (χ3v) is 5.69. The first-order valence-corrected chi connectivity index (χ1v) is 10.9. The van der Waals surface area contributed by atoms with Gasteiger partial charge in [-0.1, -0.05) is 18.8 Å². The first-order chi connectivity index (χ1) is 15.1. The second-order valence-electron chi connectivity index (χ2n) is 7.96. The third-order valence-electron chi connectivity index (χ3n) is 5.69. The number of carbonyl (C=O) groups is 1. The van der Waals surface area contributed by atoms with Crippen LogP contribution in [0.4, 0.5) is 5.69 Å². The molecule has 0 radical (unpaired) electrons. The summed E-state index contributed by atoms with van der Waals surface area (Å²) in [5.41, 5.74) is 3.77. The fourth-order valence-corrected chi connectivity index (χ4v) is 3.87. The van der Waals surface area contributed by atoms with Gasteiger partial charge in [-0.2, -0.15) is 0 Å². The summed E-state index contributed by atoms with van der Waals surface area (Å²) in [4.78, 5) is 28.7. The highest BCUT2D eigenvalue weighted by Gasteiger charge is 2.20. The number of carbonyl (C=O) groups excluding carboxylic acids is 1. The van der Waals surface area contributed by atoms with Crippen LogP contribution in [0.3, 0.4) is 0 Å². The van der Waals surface area contributed by atoms with E-state index in [9.17, 15) is 9.59 Å². The molecule has 6 nitrogen and oxygen atoms in total. The van der Waals surface area contributed by atoms with Gasteiger partial charge in [-0.3, -0.25) is 9.78 Å². The number of unbranched alkanes of at least 4 members (excludes halogenated alkanes) is 1. The van der Waals surface area contributed by atoms with Gasteiger partial charge in [-0.15, -0.1) is 0 Å². The Bertz CT molecular complexity index is 1160. The Balaban J connectivity index is 1.26. The lowest BCUT2D eigenvalue weighted by Crippen LogP contribution is -2.38. The van der Waals surface area contributed by atoms with Crippen LogP contribution >= 0.6 is 0 Å². The van der Waals surface area contributed by atoms with Gasteiger partial charge in [0.25, 0.3) is 5.91 Å². The summed E-state index contributed by atoms with van der Waals surface area (Å²) in [6.45, 7) is 4.73. The van der Waals surface area contributed by atoms with Crippen molar-refractivity contribution in [3.8, 4) is 11.8 Å². The number of fused-ring (bicyclic) bond motifs is 1. The van der Waals surface area contributed by atoms with E-state index in [4.69, 9.17) is 4.42 Å². The van der Waals surface area contributed by atoms with E-state index in [1.807, 2.05) is 0 Å². The number of aromatic nitrogens is 1. The summed E-state index contributed by atoms with van der Waals surface area (Å²) in [7, 11) is 0. The molecule has 4 rings (SSSR count). The SMILES string of the molecule is CCCC#Cc1ccc(N2CCC(CNC(=O)c3ccc4[nH]c(=O)oc4c3)CC2)cc1. The van der Waals surface area contributed by atoms with Gasteiger partial charge in [-0.25, -0.2) is 4.79 Å². The number of benzene rings is 2. The molecule has 3 aromatic rings. The van der Waals surface area contributed by atoms with Gasteiger partial charge in [-0.05, 0) is 67.6 Å². The Morgan fingerprint density at radius 2 is 1.97 bits per heavy atom. The first-order valence-electron chi connectivity index (χ1n) is 10.9. The lowest BCUT2D eigenvalue weighted by atomic mass is 9.96. The van der Waals surface area contributed by atoms with Crippen LogP contribution in [0.2, 0.25) is 0 Å². The fourth-order valence-electron chi connectivity index (χ4n) is 3.87. The largest absolute Gasteiger partial charge is 0.417 e. The highest BCUT2D eigenvalue weighted by molar-refractivity contribution is 5.96. The van der Waals surface area contributed by atoms with E-state index in [0.717, 1.165) is 44.3 Å². The molecule has 31 heavy (non-hydrogen) atoms. The fraction of sp³-hybridized carbons (Fsp3) is 0.360. The second-order valence-corrected chi connectivity index (χ2v) is 7.96. The Kier molecular flexibility index (Phi) is 6.42. The van der Waals surface area contributed by atoms with Crippen molar-refractivity contribution in [3.63, 3.8) is 0 Å². The van der Waals surface area contributed by atoms with Crippen molar-refractivity contribution >= 4 is 22.7 Å². The molecule has 160 valence electrons. The molecule has 0 bridgehead atoms. The molecule has 6 heteroatoms. The number of oxazole rings is 1. The maximum atomic E-state index is 12.5. The molecule has 1 saturated heterocycles. The molecule has 0 spiro atoms. The Morgan fingerprint density at radius 3 is 2.71 bits per heavy atom. The quantitative estimate of drug-likeness (QED) is 0.617. The van der Waals surface area contributed by atoms with Crippen LogP contribution in [-0.2, 0) is 0 Å². The van der Waals surface area contributed by atoms with Gasteiger partial charge in [0.15, 0.2) is 5.58 Å². The predicted octanol–water partition coefficient (Wildman–Crippen LogP) is 3.92. The summed E-state index contributed by atoms with van der Waals surface area (Å²) in [6, 6.07) is 13.5. The van der Waals surface area contributed by atoms with Crippen molar-refractivity contribution in [1.29, 1.82) is 0 Å². The van der Waals surface area contributed by atoms with Gasteiger partial charge in [0.2, 0.25) is 0 Å². The first kappa shape index (κ1) is 20.8. The van der Waals surface area contributed by atoms with Gasteiger partial charge in [0, 0.05) is 42.9 Å². The number of hydrogen-bond acceptors (Lipinski definition) is 4. The topological polar surface area (TPSA) is 78.3 Å². The molecule has 0 saturated carbocycles. The molecule has 1 fully saturated rings. The zero-order chi connectivity index (χ0) is 21.6. The van der Waals surface area contributed by atoms with Gasteiger partial charge >= 0.3 is 5.76 Å². The number of aromatic amines is 1. The van der Waals surface area contributed by atoms with Crippen LogP contribution in [0.25, 0.3) is 11.1 Å². The monoisotopic (exact) mass is 417 g/mol. The third kappa shape index (κ3) is 5.18. The molecule has 1 aliphatic rings. The minimum absolute atomic E-state index is 0.145.